The van der Waals surface area contributed by atoms with Gasteiger partial charge in [0.05, 0.1) is 0 Å². The number of hydrogen-bond acceptors (Lipinski definition) is 5. The number of amides is 1. The number of benzene rings is 1. The van der Waals surface area contributed by atoms with Crippen LogP contribution in [0.15, 0.2) is 48.3 Å². The van der Waals surface area contributed by atoms with Gasteiger partial charge in [-0.25, -0.2) is 0 Å². The molecule has 0 saturated heterocycles. The molecule has 6 nitrogen and oxygen atoms in total. The lowest BCUT2D eigenvalue weighted by Crippen LogP contribution is -2.40. The third kappa shape index (κ3) is 9.08. The Bertz CT molecular complexity index is 874. The van der Waals surface area contributed by atoms with Gasteiger partial charge in [0.2, 0.25) is 5.91 Å². The maximum Gasteiger partial charge on any atom is 0.306 e. The highest BCUT2D eigenvalue weighted by Crippen LogP contribution is 2.23. The van der Waals surface area contributed by atoms with Gasteiger partial charge in [0.25, 0.3) is 0 Å². The first-order valence-electron chi connectivity index (χ1n) is 12.5. The van der Waals surface area contributed by atoms with Gasteiger partial charge in [-0.1, -0.05) is 18.2 Å². The summed E-state index contributed by atoms with van der Waals surface area (Å²) in [5.41, 5.74) is 3.09. The van der Waals surface area contributed by atoms with Crippen molar-refractivity contribution in [2.75, 3.05) is 36.8 Å². The van der Waals surface area contributed by atoms with E-state index in [-0.39, 0.29) is 24.0 Å². The van der Waals surface area contributed by atoms with E-state index in [1.54, 1.807) is 0 Å². The third-order valence-corrected chi connectivity index (χ3v) is 6.83. The maximum absolute atomic E-state index is 12.5. The summed E-state index contributed by atoms with van der Waals surface area (Å²) in [5, 5.41) is 3.14. The molecule has 0 atom stereocenters. The number of nitrogens with zero attached hydrogens (tertiary/aromatic N) is 2. The Morgan fingerprint density at radius 2 is 1.77 bits per heavy atom. The molecule has 3 rings (SSSR count). The quantitative estimate of drug-likeness (QED) is 0.309. The number of allylic oxidation sites excluding steroid dienone is 1. The Morgan fingerprint density at radius 1 is 1.09 bits per heavy atom. The molecule has 1 amide bonds. The van der Waals surface area contributed by atoms with Crippen molar-refractivity contribution in [2.24, 2.45) is 0 Å². The second-order valence-electron chi connectivity index (χ2n) is 9.23. The molecule has 1 aliphatic heterocycles. The second-order valence-corrected chi connectivity index (χ2v) is 9.99. The Balaban J connectivity index is 1.32. The molecule has 1 fully saturated rings. The lowest BCUT2D eigenvalue weighted by Gasteiger charge is -2.29. The van der Waals surface area contributed by atoms with E-state index >= 15 is 0 Å². The summed E-state index contributed by atoms with van der Waals surface area (Å²) >= 11 is 11.8. The molecule has 0 radical (unpaired) electrons. The van der Waals surface area contributed by atoms with Crippen molar-refractivity contribution in [1.82, 2.24) is 10.2 Å². The predicted molar refractivity (Wildman–Crippen MR) is 143 cm³/mol. The van der Waals surface area contributed by atoms with Crippen molar-refractivity contribution in [3.63, 3.8) is 0 Å². The number of anilines is 1. The van der Waals surface area contributed by atoms with Crippen LogP contribution in [0, 0.1) is 0 Å². The minimum absolute atomic E-state index is 0.000446. The molecule has 35 heavy (non-hydrogen) atoms. The van der Waals surface area contributed by atoms with Gasteiger partial charge in [-0.2, -0.15) is 0 Å². The summed E-state index contributed by atoms with van der Waals surface area (Å²) < 4.78 is 5.71. The molecule has 1 saturated carbocycles. The third-order valence-electron chi connectivity index (χ3n) is 6.49. The zero-order chi connectivity index (χ0) is 25.0. The number of halogens is 2. The van der Waals surface area contributed by atoms with Crippen LogP contribution >= 0.6 is 23.2 Å². The molecule has 1 N–H and O–H groups in total. The monoisotopic (exact) mass is 521 g/mol. The van der Waals surface area contributed by atoms with Gasteiger partial charge in [-0.15, -0.1) is 23.2 Å². The van der Waals surface area contributed by atoms with Crippen molar-refractivity contribution < 1.29 is 14.3 Å². The highest BCUT2D eigenvalue weighted by molar-refractivity contribution is 6.18. The molecule has 0 bridgehead atoms. The van der Waals surface area contributed by atoms with Crippen LogP contribution < -0.4 is 10.2 Å². The second kappa shape index (κ2) is 14.4. The van der Waals surface area contributed by atoms with Crippen molar-refractivity contribution >= 4 is 40.8 Å². The summed E-state index contributed by atoms with van der Waals surface area (Å²) in [7, 11) is 1.92. The molecule has 1 heterocycles. The lowest BCUT2D eigenvalue weighted by molar-refractivity contribution is -0.151. The predicted octanol–water partition coefficient (Wildman–Crippen LogP) is 5.00. The Kier molecular flexibility index (Phi) is 11.3. The van der Waals surface area contributed by atoms with Crippen LogP contribution in [0.4, 0.5) is 5.69 Å². The number of hydrogen-bond donors (Lipinski definition) is 1. The number of esters is 1. The molecule has 0 spiro atoms. The molecule has 1 aliphatic carbocycles. The summed E-state index contributed by atoms with van der Waals surface area (Å²) in [5.74, 6) is 0.989. The normalized spacial score (nSPS) is 19.7. The summed E-state index contributed by atoms with van der Waals surface area (Å²) in [4.78, 5) is 28.9. The lowest BCUT2D eigenvalue weighted by atomic mass is 9.92. The molecule has 1 aromatic carbocycles. The Labute approximate surface area is 219 Å². The average molecular weight is 523 g/mol. The van der Waals surface area contributed by atoms with E-state index in [4.69, 9.17) is 27.9 Å². The van der Waals surface area contributed by atoms with E-state index in [0.29, 0.717) is 24.6 Å². The Hall–Kier alpha value is -2.18. The molecule has 0 unspecified atom stereocenters. The topological polar surface area (TPSA) is 61.9 Å². The van der Waals surface area contributed by atoms with E-state index in [1.165, 1.54) is 5.56 Å². The zero-order valence-electron chi connectivity index (χ0n) is 20.6. The highest BCUT2D eigenvalue weighted by atomic mass is 35.5. The Morgan fingerprint density at radius 3 is 2.40 bits per heavy atom. The number of alkyl halides is 2. The number of aryl methyl sites for hydroxylation is 1. The molecule has 192 valence electrons. The summed E-state index contributed by atoms with van der Waals surface area (Å²) in [6, 6.07) is 8.52. The van der Waals surface area contributed by atoms with Gasteiger partial charge in [0.1, 0.15) is 6.10 Å². The largest absolute Gasteiger partial charge is 0.462 e. The van der Waals surface area contributed by atoms with Gasteiger partial charge in [-0.3, -0.25) is 9.59 Å². The van der Waals surface area contributed by atoms with E-state index in [1.807, 2.05) is 30.4 Å². The zero-order valence-corrected chi connectivity index (χ0v) is 22.1. The fourth-order valence-corrected chi connectivity index (χ4v) is 4.98. The molecule has 2 aliphatic rings. The van der Waals surface area contributed by atoms with Crippen LogP contribution in [0.1, 0.15) is 50.5 Å². The van der Waals surface area contributed by atoms with Gasteiger partial charge in [0.15, 0.2) is 0 Å². The van der Waals surface area contributed by atoms with E-state index < -0.39 is 0 Å². The van der Waals surface area contributed by atoms with Crippen LogP contribution in [-0.2, 0) is 20.7 Å². The van der Waals surface area contributed by atoms with E-state index in [9.17, 15) is 9.59 Å². The molecule has 0 aromatic heterocycles. The number of carbonyl (C=O) groups excluding carboxylic acids is 2. The smallest absolute Gasteiger partial charge is 0.306 e. The van der Waals surface area contributed by atoms with Crippen LogP contribution in [0.5, 0.6) is 0 Å². The van der Waals surface area contributed by atoms with Crippen LogP contribution in [-0.4, -0.2) is 60.8 Å². The van der Waals surface area contributed by atoms with E-state index in [2.05, 4.69) is 34.5 Å². The maximum atomic E-state index is 12.5. The fraction of sp³-hybridized carbons (Fsp3) is 0.556. The standard InChI is InChI=1S/C27H37Cl2N3O3/c1-31-17-3-5-22(20-31)27(34)30-23-9-13-25(14-10-23)35-26(33)6-2-4-21-7-11-24(12-8-21)32(18-15-28)19-16-29/h3,7-8,11-12,17,20,23,25H,2,4-6,9-10,13-16,18-19H2,1H3,(H,30,34). The van der Waals surface area contributed by atoms with Gasteiger partial charge < -0.3 is 19.9 Å². The molecular weight excluding hydrogens is 485 g/mol. The summed E-state index contributed by atoms with van der Waals surface area (Å²) in [6.45, 7) is 1.53. The van der Waals surface area contributed by atoms with Gasteiger partial charge >= 0.3 is 5.97 Å². The minimum Gasteiger partial charge on any atom is -0.462 e. The average Bonchev–Trinajstić information content (AvgIpc) is 2.85. The SMILES string of the molecule is CN1C=CCC(C(=O)NC2CCC(OC(=O)CCCc3ccc(N(CCCl)CCCl)cc3)CC2)=C1. The van der Waals surface area contributed by atoms with Crippen molar-refractivity contribution in [1.29, 1.82) is 0 Å². The highest BCUT2D eigenvalue weighted by Gasteiger charge is 2.25. The first-order chi connectivity index (χ1) is 17.0. The van der Waals surface area contributed by atoms with Crippen molar-refractivity contribution in [3.8, 4) is 0 Å². The molecular formula is C27H37Cl2N3O3. The first kappa shape index (κ1) is 27.4. The van der Waals surface area contributed by atoms with Crippen LogP contribution in [0.2, 0.25) is 0 Å². The van der Waals surface area contributed by atoms with E-state index in [0.717, 1.165) is 62.9 Å². The van der Waals surface area contributed by atoms with Crippen molar-refractivity contribution in [3.05, 3.63) is 53.9 Å². The van der Waals surface area contributed by atoms with Crippen molar-refractivity contribution in [2.45, 2.75) is 63.5 Å². The number of rotatable bonds is 12. The molecule has 8 heteroatoms. The number of ether oxygens (including phenoxy) is 1. The molecule has 1 aromatic rings. The van der Waals surface area contributed by atoms with Crippen LogP contribution in [0.3, 0.4) is 0 Å². The fourth-order valence-electron chi connectivity index (χ4n) is 4.57. The number of nitrogens with one attached hydrogen (secondary N) is 1. The van der Waals surface area contributed by atoms with Gasteiger partial charge in [0, 0.05) is 61.8 Å². The number of carbonyl (C=O) groups is 2. The minimum atomic E-state index is -0.133. The van der Waals surface area contributed by atoms with Gasteiger partial charge in [-0.05, 0) is 68.8 Å². The summed E-state index contributed by atoms with van der Waals surface area (Å²) in [6.07, 6.45) is 11.7. The van der Waals surface area contributed by atoms with Crippen LogP contribution in [0.25, 0.3) is 0 Å². The first-order valence-corrected chi connectivity index (χ1v) is 13.6.